The lowest BCUT2D eigenvalue weighted by Gasteiger charge is -2.16. The van der Waals surface area contributed by atoms with Crippen LogP contribution in [0.2, 0.25) is 0 Å². The highest BCUT2D eigenvalue weighted by Gasteiger charge is 2.43. The van der Waals surface area contributed by atoms with Crippen molar-refractivity contribution in [1.82, 2.24) is 4.98 Å². The van der Waals surface area contributed by atoms with E-state index in [4.69, 9.17) is 0 Å². The third kappa shape index (κ3) is 1.69. The number of ketones is 4. The minimum absolute atomic E-state index is 0.233. The third-order valence-electron chi connectivity index (χ3n) is 3.38. The Morgan fingerprint density at radius 1 is 1.05 bits per heavy atom. The molecule has 0 aliphatic heterocycles. The third-order valence-corrected chi connectivity index (χ3v) is 3.38. The van der Waals surface area contributed by atoms with Crippen LogP contribution in [0.5, 0.6) is 0 Å². The number of benzene rings is 1. The van der Waals surface area contributed by atoms with Crippen LogP contribution in [0.1, 0.15) is 17.9 Å². The van der Waals surface area contributed by atoms with E-state index in [-0.39, 0.29) is 5.56 Å². The molecule has 0 atom stereocenters. The predicted molar refractivity (Wildman–Crippen MR) is 65.6 cm³/mol. The number of fused-ring (bicyclic) bond motifs is 1. The van der Waals surface area contributed by atoms with E-state index >= 15 is 0 Å². The molecule has 5 nitrogen and oxygen atoms in total. The molecule has 6 heteroatoms. The van der Waals surface area contributed by atoms with Crippen molar-refractivity contribution in [1.29, 1.82) is 0 Å². The van der Waals surface area contributed by atoms with Gasteiger partial charge in [0.05, 0.1) is 6.42 Å². The van der Waals surface area contributed by atoms with Gasteiger partial charge in [-0.1, -0.05) is 0 Å². The fourth-order valence-electron chi connectivity index (χ4n) is 2.40. The molecule has 0 saturated heterocycles. The first-order valence-electron chi connectivity index (χ1n) is 5.89. The normalized spacial score (nSPS) is 17.2. The molecule has 0 radical (unpaired) electrons. The monoisotopic (exact) mass is 273 g/mol. The van der Waals surface area contributed by atoms with Crippen LogP contribution in [0.4, 0.5) is 4.39 Å². The molecule has 1 aromatic carbocycles. The molecule has 1 fully saturated rings. The number of H-pyrrole nitrogens is 1. The molecule has 20 heavy (non-hydrogen) atoms. The molecule has 0 bridgehead atoms. The molecule has 1 aromatic heterocycles. The Kier molecular flexibility index (Phi) is 2.60. The zero-order valence-corrected chi connectivity index (χ0v) is 10.1. The fraction of sp³-hybridized carbons (Fsp3) is 0.143. The summed E-state index contributed by atoms with van der Waals surface area (Å²) >= 11 is 0. The average Bonchev–Trinajstić information content (AvgIpc) is 2.80. The van der Waals surface area contributed by atoms with Gasteiger partial charge in [0.1, 0.15) is 11.7 Å². The van der Waals surface area contributed by atoms with Crippen molar-refractivity contribution in [3.8, 4) is 0 Å². The van der Waals surface area contributed by atoms with Crippen molar-refractivity contribution >= 4 is 34.0 Å². The van der Waals surface area contributed by atoms with Gasteiger partial charge < -0.3 is 4.98 Å². The minimum atomic E-state index is -1.41. The van der Waals surface area contributed by atoms with Crippen LogP contribution < -0.4 is 0 Å². The number of carbonyl (C=O) groups excluding carboxylic acids is 4. The Hall–Kier alpha value is -2.63. The molecule has 1 N–H and O–H groups in total. The quantitative estimate of drug-likeness (QED) is 0.622. The van der Waals surface area contributed by atoms with E-state index < -0.39 is 41.3 Å². The summed E-state index contributed by atoms with van der Waals surface area (Å²) in [5.74, 6) is -5.39. The number of hydrogen-bond donors (Lipinski definition) is 1. The molecule has 1 heterocycles. The minimum Gasteiger partial charge on any atom is -0.361 e. The number of rotatable bonds is 1. The van der Waals surface area contributed by atoms with Crippen molar-refractivity contribution < 1.29 is 23.6 Å². The second-order valence-corrected chi connectivity index (χ2v) is 4.62. The highest BCUT2D eigenvalue weighted by atomic mass is 19.1. The van der Waals surface area contributed by atoms with Gasteiger partial charge in [0.2, 0.25) is 23.1 Å². The van der Waals surface area contributed by atoms with E-state index in [1.54, 1.807) is 0 Å². The van der Waals surface area contributed by atoms with Crippen LogP contribution >= 0.6 is 0 Å². The summed E-state index contributed by atoms with van der Waals surface area (Å²) in [7, 11) is 0. The molecule has 0 spiro atoms. The van der Waals surface area contributed by atoms with Gasteiger partial charge in [0, 0.05) is 17.1 Å². The van der Waals surface area contributed by atoms with Crippen LogP contribution in [0.3, 0.4) is 0 Å². The second kappa shape index (κ2) is 4.19. The Bertz CT molecular complexity index is 764. The van der Waals surface area contributed by atoms with Crippen molar-refractivity contribution in [2.24, 2.45) is 0 Å². The van der Waals surface area contributed by atoms with Crippen LogP contribution in [-0.2, 0) is 19.2 Å². The second-order valence-electron chi connectivity index (χ2n) is 4.62. The summed E-state index contributed by atoms with van der Waals surface area (Å²) < 4.78 is 13.1. The average molecular weight is 273 g/mol. The molecule has 0 amide bonds. The van der Waals surface area contributed by atoms with E-state index in [1.165, 1.54) is 24.4 Å². The zero-order valence-electron chi connectivity index (χ0n) is 10.1. The highest BCUT2D eigenvalue weighted by molar-refractivity contribution is 6.61. The maximum atomic E-state index is 13.1. The number of aromatic nitrogens is 1. The van der Waals surface area contributed by atoms with Gasteiger partial charge in [-0.25, -0.2) is 4.39 Å². The number of aromatic amines is 1. The number of nitrogens with one attached hydrogen (secondary N) is 1. The van der Waals surface area contributed by atoms with Crippen LogP contribution in [0, 0.1) is 5.82 Å². The molecule has 2 aromatic rings. The molecule has 3 rings (SSSR count). The van der Waals surface area contributed by atoms with Crippen LogP contribution in [-0.4, -0.2) is 28.1 Å². The summed E-state index contributed by atoms with van der Waals surface area (Å²) in [5, 5.41) is 0.445. The Morgan fingerprint density at radius 3 is 2.35 bits per heavy atom. The van der Waals surface area contributed by atoms with Crippen molar-refractivity contribution in [2.75, 3.05) is 0 Å². The van der Waals surface area contributed by atoms with Crippen molar-refractivity contribution in [3.63, 3.8) is 0 Å². The standard InChI is InChI=1S/C14H8FNO4/c15-6-1-2-7-8(5-16-9(7)3-6)12-13(19)10(17)4-11(18)14(12)20/h1-3,5,12,16H,4H2. The van der Waals surface area contributed by atoms with Gasteiger partial charge in [-0.15, -0.1) is 0 Å². The smallest absolute Gasteiger partial charge is 0.214 e. The van der Waals surface area contributed by atoms with Crippen LogP contribution in [0.15, 0.2) is 24.4 Å². The molecular formula is C14H8FNO4. The Labute approximate surface area is 111 Å². The summed E-state index contributed by atoms with van der Waals surface area (Å²) in [6.45, 7) is 0. The van der Waals surface area contributed by atoms with Gasteiger partial charge in [-0.2, -0.15) is 0 Å². The molecule has 1 aliphatic carbocycles. The summed E-state index contributed by atoms with van der Waals surface area (Å²) in [5.41, 5.74) is 0.627. The van der Waals surface area contributed by atoms with E-state index in [0.29, 0.717) is 10.9 Å². The highest BCUT2D eigenvalue weighted by Crippen LogP contribution is 2.30. The van der Waals surface area contributed by atoms with E-state index in [0.717, 1.165) is 0 Å². The molecule has 0 unspecified atom stereocenters. The van der Waals surface area contributed by atoms with Gasteiger partial charge >= 0.3 is 0 Å². The van der Waals surface area contributed by atoms with Crippen molar-refractivity contribution in [3.05, 3.63) is 35.8 Å². The lowest BCUT2D eigenvalue weighted by molar-refractivity contribution is -0.149. The van der Waals surface area contributed by atoms with E-state index in [1.807, 2.05) is 0 Å². The SMILES string of the molecule is O=C1CC(=O)C(=O)C(c2c[nH]c3cc(F)ccc23)C1=O. The summed E-state index contributed by atoms with van der Waals surface area (Å²) in [4.78, 5) is 49.4. The molecule has 1 aliphatic rings. The fourth-order valence-corrected chi connectivity index (χ4v) is 2.40. The maximum absolute atomic E-state index is 13.1. The van der Waals surface area contributed by atoms with Crippen molar-refractivity contribution in [2.45, 2.75) is 12.3 Å². The first-order valence-corrected chi connectivity index (χ1v) is 5.89. The van der Waals surface area contributed by atoms with Gasteiger partial charge in [0.25, 0.3) is 0 Å². The summed E-state index contributed by atoms with van der Waals surface area (Å²) in [6, 6.07) is 3.79. The lowest BCUT2D eigenvalue weighted by atomic mass is 9.80. The van der Waals surface area contributed by atoms with Gasteiger partial charge in [-0.05, 0) is 23.8 Å². The van der Waals surface area contributed by atoms with E-state index in [2.05, 4.69) is 4.98 Å². The molecule has 100 valence electrons. The topological polar surface area (TPSA) is 84.1 Å². The largest absolute Gasteiger partial charge is 0.361 e. The van der Waals surface area contributed by atoms with Gasteiger partial charge in [-0.3, -0.25) is 19.2 Å². The first kappa shape index (κ1) is 12.4. The lowest BCUT2D eigenvalue weighted by Crippen LogP contribution is -2.40. The number of halogens is 1. The predicted octanol–water partition coefficient (Wildman–Crippen LogP) is 1.07. The number of carbonyl (C=O) groups is 4. The number of hydrogen-bond acceptors (Lipinski definition) is 4. The maximum Gasteiger partial charge on any atom is 0.214 e. The van der Waals surface area contributed by atoms with Gasteiger partial charge in [0.15, 0.2) is 0 Å². The molecule has 1 saturated carbocycles. The van der Waals surface area contributed by atoms with E-state index in [9.17, 15) is 23.6 Å². The number of Topliss-reactive ketones (excluding diaryl/α,β-unsaturated/α-hetero) is 4. The first-order chi connectivity index (χ1) is 9.49. The Morgan fingerprint density at radius 2 is 1.70 bits per heavy atom. The zero-order chi connectivity index (χ0) is 14.4. The molecular weight excluding hydrogens is 265 g/mol. The van der Waals surface area contributed by atoms with Crippen LogP contribution in [0.25, 0.3) is 10.9 Å². The summed E-state index contributed by atoms with van der Waals surface area (Å²) in [6.07, 6.45) is 0.696. The Balaban J connectivity index is 2.18.